The summed E-state index contributed by atoms with van der Waals surface area (Å²) in [5.74, 6) is 0. The first-order valence-electron chi connectivity index (χ1n) is 9.34. The van der Waals surface area contributed by atoms with Crippen molar-refractivity contribution in [2.24, 2.45) is 0 Å². The number of ether oxygens (including phenoxy) is 1. The fraction of sp³-hybridized carbons (Fsp3) is 0.895. The Morgan fingerprint density at radius 3 is 1.88 bits per heavy atom. The molecule has 0 aromatic heterocycles. The lowest BCUT2D eigenvalue weighted by atomic mass is 9.96. The lowest BCUT2D eigenvalue weighted by Gasteiger charge is -2.23. The van der Waals surface area contributed by atoms with Gasteiger partial charge in [0.1, 0.15) is 5.60 Å². The van der Waals surface area contributed by atoms with Crippen molar-refractivity contribution in [1.82, 2.24) is 10.6 Å². The molecule has 2 N–H and O–H groups in total. The number of hydrogen-bond acceptors (Lipinski definition) is 3. The first-order chi connectivity index (χ1) is 11.2. The summed E-state index contributed by atoms with van der Waals surface area (Å²) in [6.07, 6.45) is 11.0. The second kappa shape index (κ2) is 12.2. The predicted octanol–water partition coefficient (Wildman–Crippen LogP) is 4.55. The largest absolute Gasteiger partial charge is 0.444 e. The van der Waals surface area contributed by atoms with E-state index in [4.69, 9.17) is 4.74 Å². The van der Waals surface area contributed by atoms with E-state index >= 15 is 0 Å². The number of hydrogen-bond donors (Lipinski definition) is 2. The number of amides is 2. The lowest BCUT2D eigenvalue weighted by molar-refractivity contribution is -0.111. The van der Waals surface area contributed by atoms with Crippen molar-refractivity contribution >= 4 is 12.5 Å². The van der Waals surface area contributed by atoms with E-state index in [9.17, 15) is 9.59 Å². The quantitative estimate of drug-likeness (QED) is 0.381. The Labute approximate surface area is 148 Å². The van der Waals surface area contributed by atoms with Gasteiger partial charge in [-0.25, -0.2) is 4.79 Å². The van der Waals surface area contributed by atoms with E-state index < -0.39 is 5.60 Å². The molecule has 0 aliphatic heterocycles. The van der Waals surface area contributed by atoms with Crippen LogP contribution in [0.4, 0.5) is 4.79 Å². The molecule has 0 radical (unpaired) electrons. The molecule has 0 aromatic carbocycles. The fourth-order valence-corrected chi connectivity index (χ4v) is 2.49. The van der Waals surface area contributed by atoms with Crippen molar-refractivity contribution in [1.29, 1.82) is 0 Å². The van der Waals surface area contributed by atoms with Gasteiger partial charge < -0.3 is 15.4 Å². The monoisotopic (exact) mass is 342 g/mol. The minimum Gasteiger partial charge on any atom is -0.444 e. The summed E-state index contributed by atoms with van der Waals surface area (Å²) in [5.41, 5.74) is -0.508. The maximum absolute atomic E-state index is 11.4. The molecule has 0 rings (SSSR count). The Hall–Kier alpha value is -1.26. The molecule has 0 aliphatic carbocycles. The van der Waals surface area contributed by atoms with Crippen molar-refractivity contribution in [3.8, 4) is 0 Å². The minimum absolute atomic E-state index is 0.0805. The molecule has 24 heavy (non-hydrogen) atoms. The molecule has 0 spiro atoms. The third-order valence-corrected chi connectivity index (χ3v) is 3.85. The van der Waals surface area contributed by atoms with Gasteiger partial charge >= 0.3 is 6.09 Å². The molecule has 0 saturated heterocycles. The van der Waals surface area contributed by atoms with Crippen LogP contribution in [-0.2, 0) is 9.53 Å². The highest BCUT2D eigenvalue weighted by atomic mass is 16.6. The third-order valence-electron chi connectivity index (χ3n) is 3.85. The molecule has 5 nitrogen and oxygen atoms in total. The van der Waals surface area contributed by atoms with Gasteiger partial charge in [-0.3, -0.25) is 4.79 Å². The van der Waals surface area contributed by atoms with Gasteiger partial charge in [-0.15, -0.1) is 0 Å². The average molecular weight is 343 g/mol. The van der Waals surface area contributed by atoms with Crippen LogP contribution in [0.5, 0.6) is 0 Å². The first-order valence-corrected chi connectivity index (χ1v) is 9.34. The summed E-state index contributed by atoms with van der Waals surface area (Å²) in [6.45, 7) is 10.4. The van der Waals surface area contributed by atoms with Gasteiger partial charge in [-0.2, -0.15) is 0 Å². The van der Waals surface area contributed by atoms with Crippen molar-refractivity contribution < 1.29 is 14.3 Å². The van der Waals surface area contributed by atoms with Crippen LogP contribution in [0, 0.1) is 0 Å². The van der Waals surface area contributed by atoms with E-state index in [1.165, 1.54) is 32.1 Å². The first kappa shape index (κ1) is 22.7. The number of unbranched alkanes of at least 4 members (excludes halogenated alkanes) is 7. The van der Waals surface area contributed by atoms with Crippen molar-refractivity contribution in [2.45, 2.75) is 104 Å². The SMILES string of the molecule is CC(C)(CCCCCCCCCCNC(=O)OC(C)(C)C)NC=O. The van der Waals surface area contributed by atoms with E-state index in [-0.39, 0.29) is 11.6 Å². The topological polar surface area (TPSA) is 67.4 Å². The van der Waals surface area contributed by atoms with Crippen LogP contribution in [0.2, 0.25) is 0 Å². The summed E-state index contributed by atoms with van der Waals surface area (Å²) in [7, 11) is 0. The van der Waals surface area contributed by atoms with Crippen LogP contribution >= 0.6 is 0 Å². The Kier molecular flexibility index (Phi) is 11.5. The zero-order chi connectivity index (χ0) is 18.5. The number of alkyl carbamates (subject to hydrolysis) is 1. The minimum atomic E-state index is -0.428. The molecule has 5 heteroatoms. The van der Waals surface area contributed by atoms with Crippen LogP contribution in [-0.4, -0.2) is 30.2 Å². The third kappa shape index (κ3) is 15.6. The molecule has 0 unspecified atom stereocenters. The molecular formula is C19H38N2O3. The molecular weight excluding hydrogens is 304 g/mol. The van der Waals surface area contributed by atoms with Crippen molar-refractivity contribution in [2.75, 3.05) is 6.54 Å². The van der Waals surface area contributed by atoms with Gasteiger partial charge in [0.2, 0.25) is 6.41 Å². The standard InChI is InChI=1S/C19H38N2O3/c1-18(2,3)24-17(23)20-15-13-11-9-7-6-8-10-12-14-19(4,5)21-16-22/h16H,6-15H2,1-5H3,(H,20,23)(H,21,22). The second-order valence-corrected chi connectivity index (χ2v) is 8.15. The average Bonchev–Trinajstić information content (AvgIpc) is 2.42. The zero-order valence-electron chi connectivity index (χ0n) is 16.4. The van der Waals surface area contributed by atoms with E-state index in [2.05, 4.69) is 24.5 Å². The number of carbonyl (C=O) groups is 2. The van der Waals surface area contributed by atoms with E-state index in [1.54, 1.807) is 0 Å². The van der Waals surface area contributed by atoms with E-state index in [0.29, 0.717) is 6.54 Å². The van der Waals surface area contributed by atoms with Gasteiger partial charge in [-0.05, 0) is 47.5 Å². The van der Waals surface area contributed by atoms with E-state index in [1.807, 2.05) is 20.8 Å². The van der Waals surface area contributed by atoms with Gasteiger partial charge in [0.25, 0.3) is 0 Å². The summed E-state index contributed by atoms with van der Waals surface area (Å²) < 4.78 is 5.19. The maximum Gasteiger partial charge on any atom is 0.407 e. The number of carbonyl (C=O) groups excluding carboxylic acids is 2. The van der Waals surface area contributed by atoms with Crippen LogP contribution in [0.1, 0.15) is 92.4 Å². The Balaban J connectivity index is 3.34. The molecule has 142 valence electrons. The summed E-state index contributed by atoms with van der Waals surface area (Å²) in [4.78, 5) is 21.9. The Morgan fingerprint density at radius 1 is 0.875 bits per heavy atom. The number of nitrogens with one attached hydrogen (secondary N) is 2. The molecule has 0 saturated carbocycles. The van der Waals surface area contributed by atoms with E-state index in [0.717, 1.165) is 32.1 Å². The molecule has 0 heterocycles. The summed E-state index contributed by atoms with van der Waals surface area (Å²) in [6, 6.07) is 0. The number of rotatable bonds is 13. The van der Waals surface area contributed by atoms with Gasteiger partial charge in [0, 0.05) is 12.1 Å². The highest BCUT2D eigenvalue weighted by Gasteiger charge is 2.15. The Morgan fingerprint density at radius 2 is 1.38 bits per heavy atom. The van der Waals surface area contributed by atoms with Crippen LogP contribution in [0.15, 0.2) is 0 Å². The molecule has 0 fully saturated rings. The maximum atomic E-state index is 11.4. The lowest BCUT2D eigenvalue weighted by Crippen LogP contribution is -2.37. The smallest absolute Gasteiger partial charge is 0.407 e. The molecule has 2 amide bonds. The second-order valence-electron chi connectivity index (χ2n) is 8.15. The van der Waals surface area contributed by atoms with Crippen LogP contribution in [0.25, 0.3) is 0 Å². The predicted molar refractivity (Wildman–Crippen MR) is 99.1 cm³/mol. The summed E-state index contributed by atoms with van der Waals surface area (Å²) >= 11 is 0. The van der Waals surface area contributed by atoms with Gasteiger partial charge in [0.05, 0.1) is 0 Å². The molecule has 0 bridgehead atoms. The zero-order valence-corrected chi connectivity index (χ0v) is 16.4. The summed E-state index contributed by atoms with van der Waals surface area (Å²) in [5, 5.41) is 5.64. The normalized spacial score (nSPS) is 11.9. The molecule has 0 aliphatic rings. The highest BCUT2D eigenvalue weighted by molar-refractivity contribution is 5.67. The van der Waals surface area contributed by atoms with Crippen molar-refractivity contribution in [3.05, 3.63) is 0 Å². The van der Waals surface area contributed by atoms with Crippen LogP contribution in [0.3, 0.4) is 0 Å². The van der Waals surface area contributed by atoms with Gasteiger partial charge in [-0.1, -0.05) is 44.9 Å². The fourth-order valence-electron chi connectivity index (χ4n) is 2.49. The van der Waals surface area contributed by atoms with Crippen molar-refractivity contribution in [3.63, 3.8) is 0 Å². The van der Waals surface area contributed by atoms with Crippen LogP contribution < -0.4 is 10.6 Å². The Bertz CT molecular complexity index is 349. The molecule has 0 aromatic rings. The molecule has 0 atom stereocenters. The van der Waals surface area contributed by atoms with Gasteiger partial charge in [0.15, 0.2) is 0 Å². The highest BCUT2D eigenvalue weighted by Crippen LogP contribution is 2.15.